The van der Waals surface area contributed by atoms with Gasteiger partial charge in [0.05, 0.1) is 12.1 Å². The highest BCUT2D eigenvalue weighted by molar-refractivity contribution is 7.99. The zero-order chi connectivity index (χ0) is 18.8. The lowest BCUT2D eigenvalue weighted by Crippen LogP contribution is -2.47. The first-order valence-corrected chi connectivity index (χ1v) is 10.8. The lowest BCUT2D eigenvalue weighted by molar-refractivity contribution is -0.130. The Hall–Kier alpha value is -1.86. The van der Waals surface area contributed by atoms with Gasteiger partial charge in [0.25, 0.3) is 0 Å². The fourth-order valence-electron chi connectivity index (χ4n) is 3.78. The van der Waals surface area contributed by atoms with E-state index in [1.54, 1.807) is 6.92 Å². The molecule has 7 heteroatoms. The van der Waals surface area contributed by atoms with Crippen LogP contribution in [-0.2, 0) is 11.3 Å². The van der Waals surface area contributed by atoms with Crippen molar-refractivity contribution in [3.05, 3.63) is 29.6 Å². The summed E-state index contributed by atoms with van der Waals surface area (Å²) >= 11 is 2.01. The number of fused-ring (bicyclic) bond motifs is 1. The maximum atomic E-state index is 11.5. The molecule has 1 aromatic carbocycles. The molecule has 2 saturated heterocycles. The van der Waals surface area contributed by atoms with E-state index in [1.165, 1.54) is 5.56 Å². The molecule has 0 aliphatic carbocycles. The summed E-state index contributed by atoms with van der Waals surface area (Å²) in [7, 11) is 0. The van der Waals surface area contributed by atoms with Gasteiger partial charge in [0.1, 0.15) is 11.6 Å². The van der Waals surface area contributed by atoms with Crippen molar-refractivity contribution >= 4 is 34.4 Å². The second-order valence-corrected chi connectivity index (χ2v) is 8.59. The Morgan fingerprint density at radius 1 is 1.07 bits per heavy atom. The second-order valence-electron chi connectivity index (χ2n) is 7.37. The molecule has 2 aromatic rings. The van der Waals surface area contributed by atoms with Crippen LogP contribution in [0, 0.1) is 6.92 Å². The van der Waals surface area contributed by atoms with Gasteiger partial charge in [-0.25, -0.2) is 9.97 Å². The molecule has 2 aliphatic heterocycles. The van der Waals surface area contributed by atoms with E-state index < -0.39 is 0 Å². The van der Waals surface area contributed by atoms with Gasteiger partial charge in [0.2, 0.25) is 5.91 Å². The number of thioether (sulfide) groups is 1. The maximum Gasteiger partial charge on any atom is 0.219 e. The fourth-order valence-corrected chi connectivity index (χ4v) is 4.68. The monoisotopic (exact) mass is 385 g/mol. The lowest BCUT2D eigenvalue weighted by Gasteiger charge is -2.34. The lowest BCUT2D eigenvalue weighted by atomic mass is 10.1. The van der Waals surface area contributed by atoms with Crippen LogP contribution in [0.2, 0.25) is 0 Å². The van der Waals surface area contributed by atoms with Crippen LogP contribution >= 0.6 is 11.8 Å². The Morgan fingerprint density at radius 2 is 1.81 bits per heavy atom. The van der Waals surface area contributed by atoms with Crippen molar-refractivity contribution in [2.75, 3.05) is 55.7 Å². The van der Waals surface area contributed by atoms with Crippen molar-refractivity contribution in [1.29, 1.82) is 0 Å². The van der Waals surface area contributed by atoms with Crippen LogP contribution in [-0.4, -0.2) is 76.4 Å². The molecular formula is C20H27N5OS. The molecule has 0 N–H and O–H groups in total. The SMILES string of the molecule is CC(=O)N1CCN(Cc2nc(N3CCSCC3)c3cc(C)ccc3n2)CC1. The number of aryl methyl sites for hydroxylation is 1. The summed E-state index contributed by atoms with van der Waals surface area (Å²) in [4.78, 5) is 28.1. The van der Waals surface area contributed by atoms with Crippen LogP contribution in [0.15, 0.2) is 18.2 Å². The summed E-state index contributed by atoms with van der Waals surface area (Å²) in [6.07, 6.45) is 0. The smallest absolute Gasteiger partial charge is 0.219 e. The van der Waals surface area contributed by atoms with Gasteiger partial charge < -0.3 is 9.80 Å². The molecule has 27 heavy (non-hydrogen) atoms. The minimum absolute atomic E-state index is 0.164. The number of carbonyl (C=O) groups excluding carboxylic acids is 1. The van der Waals surface area contributed by atoms with E-state index in [1.807, 2.05) is 16.7 Å². The molecule has 4 rings (SSSR count). The molecule has 1 amide bonds. The van der Waals surface area contributed by atoms with Crippen LogP contribution in [0.3, 0.4) is 0 Å². The average Bonchev–Trinajstić information content (AvgIpc) is 2.69. The highest BCUT2D eigenvalue weighted by Crippen LogP contribution is 2.27. The molecule has 0 saturated carbocycles. The van der Waals surface area contributed by atoms with Crippen molar-refractivity contribution in [2.45, 2.75) is 20.4 Å². The third-order valence-corrected chi connectivity index (χ3v) is 6.31. The Morgan fingerprint density at radius 3 is 2.52 bits per heavy atom. The Kier molecular flexibility index (Phi) is 5.50. The highest BCUT2D eigenvalue weighted by atomic mass is 32.2. The van der Waals surface area contributed by atoms with E-state index in [4.69, 9.17) is 9.97 Å². The zero-order valence-electron chi connectivity index (χ0n) is 16.1. The van der Waals surface area contributed by atoms with Crippen LogP contribution < -0.4 is 4.90 Å². The molecule has 2 aliphatic rings. The quantitative estimate of drug-likeness (QED) is 0.807. The largest absolute Gasteiger partial charge is 0.354 e. The standard InChI is InChI=1S/C20H27N5OS/c1-15-3-4-18-17(13-15)20(25-9-11-27-12-10-25)22-19(21-18)14-23-5-7-24(8-6-23)16(2)26/h3-4,13H,5-12,14H2,1-2H3. The number of anilines is 1. The minimum Gasteiger partial charge on any atom is -0.354 e. The van der Waals surface area contributed by atoms with E-state index in [0.29, 0.717) is 0 Å². The summed E-state index contributed by atoms with van der Waals surface area (Å²) in [5.41, 5.74) is 2.27. The van der Waals surface area contributed by atoms with E-state index in [0.717, 1.165) is 79.9 Å². The number of nitrogens with zero attached hydrogens (tertiary/aromatic N) is 5. The molecule has 0 radical (unpaired) electrons. The summed E-state index contributed by atoms with van der Waals surface area (Å²) in [6.45, 7) is 9.94. The normalized spacial score (nSPS) is 18.9. The number of rotatable bonds is 3. The first kappa shape index (κ1) is 18.5. The Labute approximate surface area is 164 Å². The van der Waals surface area contributed by atoms with Crippen molar-refractivity contribution in [3.8, 4) is 0 Å². The van der Waals surface area contributed by atoms with Gasteiger partial charge in [-0.15, -0.1) is 0 Å². The molecule has 0 spiro atoms. The number of hydrogen-bond acceptors (Lipinski definition) is 6. The molecular weight excluding hydrogens is 358 g/mol. The molecule has 1 aromatic heterocycles. The number of hydrogen-bond donors (Lipinski definition) is 0. The number of aromatic nitrogens is 2. The van der Waals surface area contributed by atoms with Crippen LogP contribution in [0.1, 0.15) is 18.3 Å². The van der Waals surface area contributed by atoms with Gasteiger partial charge in [-0.1, -0.05) is 11.6 Å². The number of amides is 1. The van der Waals surface area contributed by atoms with E-state index in [9.17, 15) is 4.79 Å². The summed E-state index contributed by atoms with van der Waals surface area (Å²) < 4.78 is 0. The summed E-state index contributed by atoms with van der Waals surface area (Å²) in [5, 5.41) is 1.16. The first-order valence-electron chi connectivity index (χ1n) is 9.68. The third-order valence-electron chi connectivity index (χ3n) is 5.37. The number of piperazine rings is 1. The minimum atomic E-state index is 0.164. The molecule has 2 fully saturated rings. The molecule has 6 nitrogen and oxygen atoms in total. The number of carbonyl (C=O) groups is 1. The van der Waals surface area contributed by atoms with Crippen LogP contribution in [0.25, 0.3) is 10.9 Å². The second kappa shape index (κ2) is 8.02. The van der Waals surface area contributed by atoms with E-state index >= 15 is 0 Å². The molecule has 0 bridgehead atoms. The van der Waals surface area contributed by atoms with Gasteiger partial charge in [-0.2, -0.15) is 11.8 Å². The predicted octanol–water partition coefficient (Wildman–Crippen LogP) is 2.16. The maximum absolute atomic E-state index is 11.5. The highest BCUT2D eigenvalue weighted by Gasteiger charge is 2.21. The number of benzene rings is 1. The molecule has 0 atom stereocenters. The Balaban J connectivity index is 1.59. The van der Waals surface area contributed by atoms with Gasteiger partial charge in [0.15, 0.2) is 0 Å². The fraction of sp³-hybridized carbons (Fsp3) is 0.550. The molecule has 0 unspecified atom stereocenters. The topological polar surface area (TPSA) is 52.6 Å². The van der Waals surface area contributed by atoms with Gasteiger partial charge in [-0.05, 0) is 19.1 Å². The van der Waals surface area contributed by atoms with E-state index in [-0.39, 0.29) is 5.91 Å². The van der Waals surface area contributed by atoms with Gasteiger partial charge >= 0.3 is 0 Å². The Bertz CT molecular complexity index is 828. The summed E-state index contributed by atoms with van der Waals surface area (Å²) in [6, 6.07) is 6.45. The van der Waals surface area contributed by atoms with Gasteiger partial charge in [-0.3, -0.25) is 9.69 Å². The van der Waals surface area contributed by atoms with Crippen molar-refractivity contribution in [2.24, 2.45) is 0 Å². The first-order chi connectivity index (χ1) is 13.1. The van der Waals surface area contributed by atoms with Crippen LogP contribution in [0.5, 0.6) is 0 Å². The van der Waals surface area contributed by atoms with Crippen LogP contribution in [0.4, 0.5) is 5.82 Å². The van der Waals surface area contributed by atoms with Crippen molar-refractivity contribution in [1.82, 2.24) is 19.8 Å². The predicted molar refractivity (Wildman–Crippen MR) is 111 cm³/mol. The molecule has 3 heterocycles. The zero-order valence-corrected chi connectivity index (χ0v) is 17.0. The van der Waals surface area contributed by atoms with Crippen molar-refractivity contribution in [3.63, 3.8) is 0 Å². The van der Waals surface area contributed by atoms with Gasteiger partial charge in [0, 0.05) is 63.1 Å². The average molecular weight is 386 g/mol. The van der Waals surface area contributed by atoms with Crippen molar-refractivity contribution < 1.29 is 4.79 Å². The molecule has 144 valence electrons. The summed E-state index contributed by atoms with van der Waals surface area (Å²) in [5.74, 6) is 4.44. The van der Waals surface area contributed by atoms with E-state index in [2.05, 4.69) is 34.9 Å². The third kappa shape index (κ3) is 4.19.